The molecule has 1 unspecified atom stereocenters. The van der Waals surface area contributed by atoms with E-state index in [-0.39, 0.29) is 11.3 Å². The quantitative estimate of drug-likeness (QED) is 0.859. The highest BCUT2D eigenvalue weighted by molar-refractivity contribution is 5.77. The van der Waals surface area contributed by atoms with Gasteiger partial charge < -0.3 is 15.0 Å². The first-order valence-corrected chi connectivity index (χ1v) is 7.03. The van der Waals surface area contributed by atoms with E-state index < -0.39 is 19.4 Å². The Labute approximate surface area is 116 Å². The van der Waals surface area contributed by atoms with Crippen LogP contribution in [0, 0.1) is 5.41 Å². The summed E-state index contributed by atoms with van der Waals surface area (Å²) in [6, 6.07) is 0. The summed E-state index contributed by atoms with van der Waals surface area (Å²) in [6.45, 7) is 1.30. The summed E-state index contributed by atoms with van der Waals surface area (Å²) < 4.78 is 40.4. The number of alkyl halides is 3. The third-order valence-electron chi connectivity index (χ3n) is 4.07. The average Bonchev–Trinajstić information content (AvgIpc) is 2.38. The zero-order valence-electron chi connectivity index (χ0n) is 11.5. The van der Waals surface area contributed by atoms with E-state index in [2.05, 4.69) is 10.1 Å². The van der Waals surface area contributed by atoms with E-state index in [9.17, 15) is 18.0 Å². The summed E-state index contributed by atoms with van der Waals surface area (Å²) in [5.41, 5.74) is 0.107. The van der Waals surface area contributed by atoms with Crippen molar-refractivity contribution in [2.45, 2.75) is 31.9 Å². The molecule has 1 N–H and O–H groups in total. The molecule has 2 fully saturated rings. The van der Waals surface area contributed by atoms with Gasteiger partial charge in [-0.25, -0.2) is 0 Å². The fraction of sp³-hybridized carbons (Fsp3) is 0.923. The van der Waals surface area contributed by atoms with Crippen molar-refractivity contribution in [1.29, 1.82) is 0 Å². The molecule has 0 radical (unpaired) electrons. The van der Waals surface area contributed by atoms with Crippen molar-refractivity contribution in [3.63, 3.8) is 0 Å². The molecule has 20 heavy (non-hydrogen) atoms. The molecule has 1 spiro atoms. The van der Waals surface area contributed by atoms with Crippen molar-refractivity contribution in [3.05, 3.63) is 0 Å². The van der Waals surface area contributed by atoms with Crippen LogP contribution >= 0.6 is 0 Å². The molecule has 2 heterocycles. The van der Waals surface area contributed by atoms with Gasteiger partial charge in [0.1, 0.15) is 13.2 Å². The van der Waals surface area contributed by atoms with Gasteiger partial charge in [0.2, 0.25) is 5.91 Å². The Morgan fingerprint density at radius 2 is 2.05 bits per heavy atom. The molecule has 2 aliphatic rings. The van der Waals surface area contributed by atoms with Gasteiger partial charge in [-0.3, -0.25) is 4.79 Å². The Morgan fingerprint density at radius 3 is 2.70 bits per heavy atom. The molecule has 0 saturated carbocycles. The molecule has 4 nitrogen and oxygen atoms in total. The van der Waals surface area contributed by atoms with Gasteiger partial charge in [-0.2, -0.15) is 13.2 Å². The number of nitrogens with one attached hydrogen (secondary N) is 1. The lowest BCUT2D eigenvalue weighted by atomic mass is 9.74. The zero-order valence-corrected chi connectivity index (χ0v) is 11.5. The van der Waals surface area contributed by atoms with E-state index in [1.807, 2.05) is 0 Å². The molecule has 1 atom stereocenters. The van der Waals surface area contributed by atoms with Gasteiger partial charge in [0.25, 0.3) is 0 Å². The molecule has 0 aromatic carbocycles. The predicted octanol–water partition coefficient (Wildman–Crippen LogP) is 1.56. The van der Waals surface area contributed by atoms with Gasteiger partial charge in [0.05, 0.1) is 0 Å². The Balaban J connectivity index is 1.81. The van der Waals surface area contributed by atoms with E-state index in [1.54, 1.807) is 4.90 Å². The number of hydrogen-bond acceptors (Lipinski definition) is 3. The maximum atomic E-state index is 12.0. The summed E-state index contributed by atoms with van der Waals surface area (Å²) in [6.07, 6.45) is -0.226. The van der Waals surface area contributed by atoms with Crippen LogP contribution in [-0.2, 0) is 9.53 Å². The first kappa shape index (κ1) is 15.6. The minimum absolute atomic E-state index is 0.107. The monoisotopic (exact) mass is 294 g/mol. The first-order chi connectivity index (χ1) is 9.40. The van der Waals surface area contributed by atoms with Crippen molar-refractivity contribution in [2.75, 3.05) is 39.4 Å². The van der Waals surface area contributed by atoms with E-state index >= 15 is 0 Å². The van der Waals surface area contributed by atoms with Crippen LogP contribution in [0.5, 0.6) is 0 Å². The van der Waals surface area contributed by atoms with Crippen molar-refractivity contribution in [1.82, 2.24) is 10.2 Å². The maximum Gasteiger partial charge on any atom is 0.411 e. The van der Waals surface area contributed by atoms with Gasteiger partial charge in [-0.15, -0.1) is 0 Å². The third kappa shape index (κ3) is 4.34. The lowest BCUT2D eigenvalue weighted by Gasteiger charge is -2.45. The summed E-state index contributed by atoms with van der Waals surface area (Å²) in [4.78, 5) is 13.6. The van der Waals surface area contributed by atoms with E-state index in [0.717, 1.165) is 38.8 Å². The Bertz CT molecular complexity index is 335. The maximum absolute atomic E-state index is 12.0. The number of amides is 1. The Morgan fingerprint density at radius 1 is 1.30 bits per heavy atom. The first-order valence-electron chi connectivity index (χ1n) is 7.03. The fourth-order valence-electron chi connectivity index (χ4n) is 3.14. The Kier molecular flexibility index (Phi) is 4.90. The van der Waals surface area contributed by atoms with Crippen LogP contribution in [0.25, 0.3) is 0 Å². The summed E-state index contributed by atoms with van der Waals surface area (Å²) >= 11 is 0. The molecule has 0 aliphatic carbocycles. The lowest BCUT2D eigenvalue weighted by molar-refractivity contribution is -0.178. The molecule has 116 valence electrons. The van der Waals surface area contributed by atoms with Crippen molar-refractivity contribution in [3.8, 4) is 0 Å². The van der Waals surface area contributed by atoms with Gasteiger partial charge in [0, 0.05) is 25.0 Å². The molecule has 2 rings (SSSR count). The van der Waals surface area contributed by atoms with Gasteiger partial charge in [0.15, 0.2) is 0 Å². The molecule has 0 aromatic heterocycles. The largest absolute Gasteiger partial charge is 0.411 e. The number of ether oxygens (including phenoxy) is 1. The molecule has 0 aromatic rings. The standard InChI is InChI=1S/C13H21F3N2O2/c14-13(15,16)10-20-7-11(19)18-6-2-4-12(9-18)3-1-5-17-8-12/h17H,1-10H2. The van der Waals surface area contributed by atoms with E-state index in [1.165, 1.54) is 0 Å². The topological polar surface area (TPSA) is 41.6 Å². The second kappa shape index (κ2) is 6.30. The molecule has 1 amide bonds. The second-order valence-electron chi connectivity index (χ2n) is 5.81. The summed E-state index contributed by atoms with van der Waals surface area (Å²) in [7, 11) is 0. The number of halogens is 3. The van der Waals surface area contributed by atoms with Gasteiger partial charge >= 0.3 is 6.18 Å². The van der Waals surface area contributed by atoms with Crippen LogP contribution in [0.15, 0.2) is 0 Å². The predicted molar refractivity (Wildman–Crippen MR) is 67.2 cm³/mol. The normalized spacial score (nSPS) is 27.9. The molecule has 2 aliphatic heterocycles. The number of nitrogens with zero attached hydrogens (tertiary/aromatic N) is 1. The molecule has 2 saturated heterocycles. The minimum atomic E-state index is -4.38. The molecular formula is C13H21F3N2O2. The van der Waals surface area contributed by atoms with Crippen LogP contribution in [-0.4, -0.2) is 56.4 Å². The van der Waals surface area contributed by atoms with Crippen LogP contribution in [0.4, 0.5) is 13.2 Å². The van der Waals surface area contributed by atoms with Crippen LogP contribution in [0.3, 0.4) is 0 Å². The highest BCUT2D eigenvalue weighted by Gasteiger charge is 2.38. The van der Waals surface area contributed by atoms with Crippen molar-refractivity contribution >= 4 is 5.91 Å². The second-order valence-corrected chi connectivity index (χ2v) is 5.81. The minimum Gasteiger partial charge on any atom is -0.362 e. The number of hydrogen-bond donors (Lipinski definition) is 1. The third-order valence-corrected chi connectivity index (χ3v) is 4.07. The highest BCUT2D eigenvalue weighted by Crippen LogP contribution is 2.35. The summed E-state index contributed by atoms with van der Waals surface area (Å²) in [5, 5.41) is 3.35. The fourth-order valence-corrected chi connectivity index (χ4v) is 3.14. The van der Waals surface area contributed by atoms with Crippen LogP contribution in [0.2, 0.25) is 0 Å². The number of piperidine rings is 2. The van der Waals surface area contributed by atoms with Crippen LogP contribution in [0.1, 0.15) is 25.7 Å². The van der Waals surface area contributed by atoms with Crippen molar-refractivity contribution < 1.29 is 22.7 Å². The number of carbonyl (C=O) groups is 1. The van der Waals surface area contributed by atoms with Crippen LogP contribution < -0.4 is 5.32 Å². The van der Waals surface area contributed by atoms with Gasteiger partial charge in [-0.05, 0) is 32.2 Å². The highest BCUT2D eigenvalue weighted by atomic mass is 19.4. The summed E-state index contributed by atoms with van der Waals surface area (Å²) in [5.74, 6) is -0.334. The van der Waals surface area contributed by atoms with Crippen molar-refractivity contribution in [2.24, 2.45) is 5.41 Å². The van der Waals surface area contributed by atoms with E-state index in [4.69, 9.17) is 0 Å². The van der Waals surface area contributed by atoms with Gasteiger partial charge in [-0.1, -0.05) is 0 Å². The lowest BCUT2D eigenvalue weighted by Crippen LogP contribution is -2.53. The molecule has 0 bridgehead atoms. The smallest absolute Gasteiger partial charge is 0.362 e. The molecular weight excluding hydrogens is 273 g/mol. The zero-order chi connectivity index (χ0) is 14.6. The SMILES string of the molecule is O=C(COCC(F)(F)F)N1CCCC2(CCCNC2)C1. The number of rotatable bonds is 3. The van der Waals surface area contributed by atoms with E-state index in [0.29, 0.717) is 13.1 Å². The molecule has 7 heteroatoms. The average molecular weight is 294 g/mol. The number of likely N-dealkylation sites (tertiary alicyclic amines) is 1. The number of carbonyl (C=O) groups excluding carboxylic acids is 1. The Hall–Kier alpha value is -0.820.